The van der Waals surface area contributed by atoms with Crippen LogP contribution in [0.4, 0.5) is 11.5 Å². The molecule has 1 saturated carbocycles. The van der Waals surface area contributed by atoms with E-state index in [1.807, 2.05) is 18.2 Å². The van der Waals surface area contributed by atoms with Crippen molar-refractivity contribution in [3.63, 3.8) is 0 Å². The van der Waals surface area contributed by atoms with Crippen LogP contribution in [0, 0.1) is 0 Å². The molecule has 2 N–H and O–H groups in total. The molecule has 0 radical (unpaired) electrons. The molecule has 0 saturated heterocycles. The predicted molar refractivity (Wildman–Crippen MR) is 113 cm³/mol. The van der Waals surface area contributed by atoms with E-state index < -0.39 is 0 Å². The van der Waals surface area contributed by atoms with Crippen molar-refractivity contribution in [1.82, 2.24) is 15.4 Å². The number of anilines is 2. The third kappa shape index (κ3) is 3.14. The molecule has 1 aromatic heterocycles. The summed E-state index contributed by atoms with van der Waals surface area (Å²) in [5.41, 5.74) is 5.88. The van der Waals surface area contributed by atoms with Crippen molar-refractivity contribution >= 4 is 23.1 Å². The molecule has 1 aromatic carbocycles. The van der Waals surface area contributed by atoms with Gasteiger partial charge in [-0.25, -0.2) is 9.97 Å². The summed E-state index contributed by atoms with van der Waals surface area (Å²) < 4.78 is 0. The van der Waals surface area contributed by atoms with Gasteiger partial charge in [0.15, 0.2) is 11.6 Å². The highest BCUT2D eigenvalue weighted by Crippen LogP contribution is 2.37. The summed E-state index contributed by atoms with van der Waals surface area (Å²) in [6.07, 6.45) is 7.14. The molecule has 150 valence electrons. The Morgan fingerprint density at radius 3 is 2.72 bits per heavy atom. The molecule has 7 nitrogen and oxygen atoms in total. The summed E-state index contributed by atoms with van der Waals surface area (Å²) >= 11 is 0. The Labute approximate surface area is 170 Å². The van der Waals surface area contributed by atoms with Crippen molar-refractivity contribution in [1.29, 1.82) is 0 Å². The maximum absolute atomic E-state index is 12.7. The summed E-state index contributed by atoms with van der Waals surface area (Å²) in [6, 6.07) is 10.5. The molecular formula is C22H26N6O. The number of fused-ring (bicyclic) bond motifs is 1. The van der Waals surface area contributed by atoms with E-state index in [0.717, 1.165) is 37.3 Å². The standard InChI is InChI=1S/C22H26N6O/c1-2-18-22(29)25-17-13-23-20(26-21(17)28(18)15-10-6-7-11-15)19-16(12-24-27-19)14-8-4-3-5-9-14/h3-5,8-9,13,15-16,18,24H,2,6-7,10-12H2,1H3,(H,25,29)/t16?,18-/m1/s1. The minimum absolute atomic E-state index is 0.0466. The fourth-order valence-corrected chi connectivity index (χ4v) is 4.83. The summed E-state index contributed by atoms with van der Waals surface area (Å²) in [4.78, 5) is 24.5. The van der Waals surface area contributed by atoms with Gasteiger partial charge in [-0.05, 0) is 24.8 Å². The van der Waals surface area contributed by atoms with Gasteiger partial charge < -0.3 is 15.6 Å². The van der Waals surface area contributed by atoms with E-state index in [1.54, 1.807) is 6.20 Å². The van der Waals surface area contributed by atoms with Crippen molar-refractivity contribution in [3.8, 4) is 0 Å². The topological polar surface area (TPSA) is 82.5 Å². The van der Waals surface area contributed by atoms with Crippen LogP contribution < -0.4 is 15.6 Å². The van der Waals surface area contributed by atoms with Crippen molar-refractivity contribution in [3.05, 3.63) is 47.9 Å². The predicted octanol–water partition coefficient (Wildman–Crippen LogP) is 3.05. The smallest absolute Gasteiger partial charge is 0.247 e. The molecular weight excluding hydrogens is 364 g/mol. The minimum atomic E-state index is -0.179. The summed E-state index contributed by atoms with van der Waals surface area (Å²) in [5, 5.41) is 7.54. The van der Waals surface area contributed by atoms with Crippen LogP contribution in [0.15, 0.2) is 41.6 Å². The Kier molecular flexibility index (Phi) is 4.66. The second-order valence-corrected chi connectivity index (χ2v) is 8.01. The number of nitrogens with one attached hydrogen (secondary N) is 2. The first-order valence-electron chi connectivity index (χ1n) is 10.6. The van der Waals surface area contributed by atoms with E-state index in [0.29, 0.717) is 17.6 Å². The van der Waals surface area contributed by atoms with Crippen LogP contribution in [-0.4, -0.2) is 40.2 Å². The quantitative estimate of drug-likeness (QED) is 0.838. The molecule has 3 heterocycles. The van der Waals surface area contributed by atoms with E-state index >= 15 is 0 Å². The molecule has 7 heteroatoms. The van der Waals surface area contributed by atoms with Gasteiger partial charge in [-0.2, -0.15) is 5.10 Å². The van der Waals surface area contributed by atoms with Gasteiger partial charge in [0.2, 0.25) is 5.91 Å². The Bertz CT molecular complexity index is 938. The van der Waals surface area contributed by atoms with E-state index in [2.05, 4.69) is 44.8 Å². The first kappa shape index (κ1) is 18.1. The van der Waals surface area contributed by atoms with Crippen molar-refractivity contribution < 1.29 is 4.79 Å². The average Bonchev–Trinajstić information content (AvgIpc) is 3.45. The highest BCUT2D eigenvalue weighted by atomic mass is 16.2. The van der Waals surface area contributed by atoms with Gasteiger partial charge in [0, 0.05) is 12.6 Å². The summed E-state index contributed by atoms with van der Waals surface area (Å²) in [6.45, 7) is 2.80. The zero-order chi connectivity index (χ0) is 19.8. The second-order valence-electron chi connectivity index (χ2n) is 8.01. The number of hydrogen-bond donors (Lipinski definition) is 2. The molecule has 1 aliphatic carbocycles. The lowest BCUT2D eigenvalue weighted by molar-refractivity contribution is -0.117. The van der Waals surface area contributed by atoms with Crippen LogP contribution in [0.5, 0.6) is 0 Å². The van der Waals surface area contributed by atoms with Crippen LogP contribution in [0.25, 0.3) is 0 Å². The van der Waals surface area contributed by atoms with Crippen LogP contribution in [0.1, 0.15) is 56.3 Å². The van der Waals surface area contributed by atoms with E-state index in [1.165, 1.54) is 18.4 Å². The average molecular weight is 390 g/mol. The van der Waals surface area contributed by atoms with E-state index in [4.69, 9.17) is 4.98 Å². The van der Waals surface area contributed by atoms with Gasteiger partial charge in [-0.15, -0.1) is 0 Å². The third-order valence-corrected chi connectivity index (χ3v) is 6.27. The largest absolute Gasteiger partial charge is 0.340 e. The molecule has 2 aliphatic heterocycles. The zero-order valence-electron chi connectivity index (χ0n) is 16.6. The fourth-order valence-electron chi connectivity index (χ4n) is 4.83. The molecule has 2 aromatic rings. The SMILES string of the molecule is CC[C@@H]1C(=O)Nc2cnc(C3=NNCC3c3ccccc3)nc2N1C1CCCC1. The number of hydrazone groups is 1. The maximum atomic E-state index is 12.7. The van der Waals surface area contributed by atoms with Gasteiger partial charge in [-0.1, -0.05) is 50.1 Å². The summed E-state index contributed by atoms with van der Waals surface area (Å²) in [7, 11) is 0. The van der Waals surface area contributed by atoms with Crippen LogP contribution in [0.2, 0.25) is 0 Å². The molecule has 0 spiro atoms. The third-order valence-electron chi connectivity index (χ3n) is 6.27. The number of rotatable bonds is 4. The monoisotopic (exact) mass is 390 g/mol. The normalized spacial score (nSPS) is 24.1. The zero-order valence-corrected chi connectivity index (χ0v) is 16.6. The lowest BCUT2D eigenvalue weighted by Crippen LogP contribution is -2.52. The molecule has 5 rings (SSSR count). The van der Waals surface area contributed by atoms with Crippen molar-refractivity contribution in [2.24, 2.45) is 5.10 Å². The fraction of sp³-hybridized carbons (Fsp3) is 0.455. The first-order valence-corrected chi connectivity index (χ1v) is 10.6. The second kappa shape index (κ2) is 7.46. The van der Waals surface area contributed by atoms with Crippen LogP contribution in [0.3, 0.4) is 0 Å². The molecule has 3 aliphatic rings. The van der Waals surface area contributed by atoms with Crippen LogP contribution >= 0.6 is 0 Å². The number of nitrogens with zero attached hydrogens (tertiary/aromatic N) is 4. The maximum Gasteiger partial charge on any atom is 0.247 e. The van der Waals surface area contributed by atoms with Crippen LogP contribution in [-0.2, 0) is 4.79 Å². The lowest BCUT2D eigenvalue weighted by atomic mass is 9.94. The number of carbonyl (C=O) groups excluding carboxylic acids is 1. The minimum Gasteiger partial charge on any atom is -0.340 e. The Morgan fingerprint density at radius 1 is 1.17 bits per heavy atom. The molecule has 0 bridgehead atoms. The number of carbonyl (C=O) groups is 1. The Balaban J connectivity index is 1.54. The van der Waals surface area contributed by atoms with Gasteiger partial charge in [0.1, 0.15) is 17.4 Å². The highest BCUT2D eigenvalue weighted by Gasteiger charge is 2.39. The Morgan fingerprint density at radius 2 is 1.97 bits per heavy atom. The van der Waals surface area contributed by atoms with E-state index in [-0.39, 0.29) is 17.9 Å². The molecule has 29 heavy (non-hydrogen) atoms. The number of aromatic nitrogens is 2. The number of amides is 1. The van der Waals surface area contributed by atoms with Crippen molar-refractivity contribution in [2.45, 2.75) is 57.0 Å². The van der Waals surface area contributed by atoms with Gasteiger partial charge in [-0.3, -0.25) is 4.79 Å². The number of benzene rings is 1. The highest BCUT2D eigenvalue weighted by molar-refractivity contribution is 6.06. The van der Waals surface area contributed by atoms with Gasteiger partial charge >= 0.3 is 0 Å². The first-order chi connectivity index (χ1) is 14.3. The van der Waals surface area contributed by atoms with Gasteiger partial charge in [0.25, 0.3) is 0 Å². The summed E-state index contributed by atoms with van der Waals surface area (Å²) in [5.74, 6) is 1.64. The number of hydrogen-bond acceptors (Lipinski definition) is 6. The molecule has 1 amide bonds. The lowest BCUT2D eigenvalue weighted by Gasteiger charge is -2.40. The molecule has 2 atom stereocenters. The van der Waals surface area contributed by atoms with E-state index in [9.17, 15) is 4.79 Å². The Hall–Kier alpha value is -2.96. The molecule has 1 fully saturated rings. The molecule has 1 unspecified atom stereocenters. The van der Waals surface area contributed by atoms with Crippen molar-refractivity contribution in [2.75, 3.05) is 16.8 Å². The van der Waals surface area contributed by atoms with Gasteiger partial charge in [0.05, 0.1) is 12.1 Å².